The molecular weight excluding hydrogens is 432 g/mol. The molecule has 2 aliphatic rings. The highest BCUT2D eigenvalue weighted by Crippen LogP contribution is 2.44. The third-order valence-corrected chi connectivity index (χ3v) is 6.72. The molecule has 0 saturated heterocycles. The molecular formula is C27H32N2O5. The molecule has 0 aromatic heterocycles. The molecule has 2 aromatic rings. The number of carbonyl (C=O) groups is 3. The summed E-state index contributed by atoms with van der Waals surface area (Å²) < 4.78 is 5.56. The first-order chi connectivity index (χ1) is 16.5. The Balaban J connectivity index is 1.40. The number of carbonyl (C=O) groups excluding carboxylic acids is 2. The summed E-state index contributed by atoms with van der Waals surface area (Å²) in [6.45, 7) is 2.20. The molecule has 2 amide bonds. The minimum Gasteiger partial charge on any atom is -0.481 e. The Hall–Kier alpha value is -3.35. The zero-order chi connectivity index (χ0) is 24.1. The minimum atomic E-state index is -1.01. The number of benzene rings is 2. The molecule has 7 nitrogen and oxygen atoms in total. The second kappa shape index (κ2) is 10.7. The van der Waals surface area contributed by atoms with Gasteiger partial charge in [-0.3, -0.25) is 9.59 Å². The number of alkyl carbamates (subject to hydrolysis) is 1. The maximum absolute atomic E-state index is 12.9. The second-order valence-corrected chi connectivity index (χ2v) is 9.20. The van der Waals surface area contributed by atoms with Crippen molar-refractivity contribution in [2.45, 2.75) is 63.5 Å². The van der Waals surface area contributed by atoms with E-state index in [-0.39, 0.29) is 37.3 Å². The first-order valence-corrected chi connectivity index (χ1v) is 12.1. The van der Waals surface area contributed by atoms with Gasteiger partial charge in [0, 0.05) is 18.4 Å². The highest BCUT2D eigenvalue weighted by molar-refractivity contribution is 5.86. The lowest BCUT2D eigenvalue weighted by molar-refractivity contribution is -0.137. The van der Waals surface area contributed by atoms with E-state index in [1.54, 1.807) is 0 Å². The zero-order valence-electron chi connectivity index (χ0n) is 19.5. The van der Waals surface area contributed by atoms with E-state index in [4.69, 9.17) is 9.84 Å². The monoisotopic (exact) mass is 464 g/mol. The molecule has 2 aliphatic carbocycles. The van der Waals surface area contributed by atoms with Gasteiger partial charge < -0.3 is 20.5 Å². The normalized spacial score (nSPS) is 16.1. The lowest BCUT2D eigenvalue weighted by Crippen LogP contribution is -2.50. The van der Waals surface area contributed by atoms with E-state index in [0.717, 1.165) is 47.9 Å². The van der Waals surface area contributed by atoms with Gasteiger partial charge in [0.1, 0.15) is 12.6 Å². The molecule has 180 valence electrons. The largest absolute Gasteiger partial charge is 0.481 e. The van der Waals surface area contributed by atoms with Crippen LogP contribution in [0, 0.1) is 5.92 Å². The van der Waals surface area contributed by atoms with Crippen molar-refractivity contribution in [1.82, 2.24) is 10.6 Å². The molecule has 2 aromatic carbocycles. The van der Waals surface area contributed by atoms with Gasteiger partial charge in [0.05, 0.1) is 0 Å². The fourth-order valence-electron chi connectivity index (χ4n) is 4.84. The molecule has 1 fully saturated rings. The van der Waals surface area contributed by atoms with Gasteiger partial charge in [-0.2, -0.15) is 0 Å². The summed E-state index contributed by atoms with van der Waals surface area (Å²) in [5.41, 5.74) is 4.47. The standard InChI is InChI=1S/C27H32N2O5/c1-2-7-23(17-12-13-17)28-26(32)24(14-15-25(30)31)29-27(33)34-16-22-20-10-5-3-8-18(20)19-9-4-6-11-21(19)22/h3-6,8-11,17,22-24H,2,7,12-16H2,1H3,(H,28,32)(H,29,33)(H,30,31). The Kier molecular flexibility index (Phi) is 7.50. The van der Waals surface area contributed by atoms with Crippen LogP contribution in [-0.2, 0) is 14.3 Å². The second-order valence-electron chi connectivity index (χ2n) is 9.20. The molecule has 0 bridgehead atoms. The third kappa shape index (κ3) is 5.58. The maximum atomic E-state index is 12.9. The summed E-state index contributed by atoms with van der Waals surface area (Å²) in [6, 6.07) is 15.2. The molecule has 3 N–H and O–H groups in total. The van der Waals surface area contributed by atoms with Crippen LogP contribution >= 0.6 is 0 Å². The molecule has 0 spiro atoms. The average Bonchev–Trinajstić information content (AvgIpc) is 3.63. The molecule has 2 unspecified atom stereocenters. The third-order valence-electron chi connectivity index (χ3n) is 6.72. The lowest BCUT2D eigenvalue weighted by atomic mass is 9.98. The molecule has 34 heavy (non-hydrogen) atoms. The van der Waals surface area contributed by atoms with E-state index in [0.29, 0.717) is 5.92 Å². The van der Waals surface area contributed by atoms with Crippen LogP contribution in [0.3, 0.4) is 0 Å². The van der Waals surface area contributed by atoms with Crippen molar-refractivity contribution in [2.24, 2.45) is 5.92 Å². The van der Waals surface area contributed by atoms with Crippen molar-refractivity contribution in [3.63, 3.8) is 0 Å². The van der Waals surface area contributed by atoms with Crippen molar-refractivity contribution in [2.75, 3.05) is 6.61 Å². The number of hydrogen-bond donors (Lipinski definition) is 3. The molecule has 0 radical (unpaired) electrons. The van der Waals surface area contributed by atoms with Gasteiger partial charge in [-0.25, -0.2) is 4.79 Å². The van der Waals surface area contributed by atoms with Crippen LogP contribution in [0.2, 0.25) is 0 Å². The van der Waals surface area contributed by atoms with Crippen LogP contribution in [-0.4, -0.2) is 41.8 Å². The number of rotatable bonds is 11. The number of carboxylic acid groups (broad SMARTS) is 1. The van der Waals surface area contributed by atoms with E-state index < -0.39 is 18.1 Å². The van der Waals surface area contributed by atoms with E-state index >= 15 is 0 Å². The quantitative estimate of drug-likeness (QED) is 0.456. The molecule has 1 saturated carbocycles. The minimum absolute atomic E-state index is 0.00880. The fraction of sp³-hybridized carbons (Fsp3) is 0.444. The summed E-state index contributed by atoms with van der Waals surface area (Å²) in [4.78, 5) is 36.7. The smallest absolute Gasteiger partial charge is 0.407 e. The average molecular weight is 465 g/mol. The number of aliphatic carboxylic acids is 1. The van der Waals surface area contributed by atoms with Gasteiger partial charge in [0.2, 0.25) is 5.91 Å². The number of hydrogen-bond acceptors (Lipinski definition) is 4. The van der Waals surface area contributed by atoms with Gasteiger partial charge in [-0.05, 0) is 53.9 Å². The van der Waals surface area contributed by atoms with Crippen LogP contribution in [0.25, 0.3) is 11.1 Å². The van der Waals surface area contributed by atoms with Crippen LogP contribution < -0.4 is 10.6 Å². The van der Waals surface area contributed by atoms with E-state index in [2.05, 4.69) is 29.7 Å². The predicted molar refractivity (Wildman–Crippen MR) is 128 cm³/mol. The van der Waals surface area contributed by atoms with Gasteiger partial charge in [0.25, 0.3) is 0 Å². The van der Waals surface area contributed by atoms with Crippen molar-refractivity contribution < 1.29 is 24.2 Å². The summed E-state index contributed by atoms with van der Waals surface area (Å²) >= 11 is 0. The number of fused-ring (bicyclic) bond motifs is 3. The van der Waals surface area contributed by atoms with E-state index in [9.17, 15) is 14.4 Å². The van der Waals surface area contributed by atoms with Gasteiger partial charge in [-0.1, -0.05) is 61.9 Å². The topological polar surface area (TPSA) is 105 Å². The summed E-state index contributed by atoms with van der Waals surface area (Å²) in [5.74, 6) is -0.980. The van der Waals surface area contributed by atoms with Gasteiger partial charge in [0.15, 0.2) is 0 Å². The van der Waals surface area contributed by atoms with Gasteiger partial charge in [-0.15, -0.1) is 0 Å². The van der Waals surface area contributed by atoms with Crippen molar-refractivity contribution >= 4 is 18.0 Å². The number of carboxylic acids is 1. The Bertz CT molecular complexity index is 1000. The van der Waals surface area contributed by atoms with E-state index in [1.807, 2.05) is 36.4 Å². The fourth-order valence-corrected chi connectivity index (χ4v) is 4.84. The van der Waals surface area contributed by atoms with Crippen LogP contribution in [0.4, 0.5) is 4.79 Å². The predicted octanol–water partition coefficient (Wildman–Crippen LogP) is 4.45. The molecule has 7 heteroatoms. The van der Waals surface area contributed by atoms with Gasteiger partial charge >= 0.3 is 12.1 Å². The van der Waals surface area contributed by atoms with Crippen LogP contribution in [0.1, 0.15) is 62.5 Å². The Labute approximate surface area is 199 Å². The van der Waals surface area contributed by atoms with Crippen LogP contribution in [0.15, 0.2) is 48.5 Å². The zero-order valence-corrected chi connectivity index (χ0v) is 19.5. The molecule has 4 rings (SSSR count). The number of nitrogens with one attached hydrogen (secondary N) is 2. The first kappa shape index (κ1) is 23.8. The molecule has 2 atom stereocenters. The summed E-state index contributed by atoms with van der Waals surface area (Å²) in [6.07, 6.45) is 3.06. The Morgan fingerprint density at radius 1 is 0.971 bits per heavy atom. The van der Waals surface area contributed by atoms with Crippen molar-refractivity contribution in [3.8, 4) is 11.1 Å². The maximum Gasteiger partial charge on any atom is 0.407 e. The molecule has 0 aliphatic heterocycles. The van der Waals surface area contributed by atoms with Crippen molar-refractivity contribution in [3.05, 3.63) is 59.7 Å². The lowest BCUT2D eigenvalue weighted by Gasteiger charge is -2.23. The highest BCUT2D eigenvalue weighted by atomic mass is 16.5. The number of amides is 2. The first-order valence-electron chi connectivity index (χ1n) is 12.1. The Morgan fingerprint density at radius 3 is 2.15 bits per heavy atom. The summed E-state index contributed by atoms with van der Waals surface area (Å²) in [5, 5.41) is 14.7. The Morgan fingerprint density at radius 2 is 1.59 bits per heavy atom. The van der Waals surface area contributed by atoms with E-state index in [1.165, 1.54) is 0 Å². The van der Waals surface area contributed by atoms with Crippen molar-refractivity contribution in [1.29, 1.82) is 0 Å². The summed E-state index contributed by atoms with van der Waals surface area (Å²) in [7, 11) is 0. The highest BCUT2D eigenvalue weighted by Gasteiger charge is 2.34. The SMILES string of the molecule is CCCC(NC(=O)C(CCC(=O)O)NC(=O)OCC1c2ccccc2-c2ccccc21)C1CC1. The van der Waals surface area contributed by atoms with Crippen LogP contribution in [0.5, 0.6) is 0 Å². The number of ether oxygens (including phenoxy) is 1. The molecule has 0 heterocycles.